The first-order chi connectivity index (χ1) is 11.0. The van der Waals surface area contributed by atoms with Gasteiger partial charge in [0.05, 0.1) is 25.6 Å². The molecule has 120 valence electrons. The van der Waals surface area contributed by atoms with Gasteiger partial charge in [-0.2, -0.15) is 0 Å². The molecule has 0 radical (unpaired) electrons. The Morgan fingerprint density at radius 3 is 2.35 bits per heavy atom. The van der Waals surface area contributed by atoms with Gasteiger partial charge in [-0.1, -0.05) is 23.7 Å². The topological polar surface area (TPSA) is 73.6 Å². The molecule has 0 heterocycles. The van der Waals surface area contributed by atoms with Gasteiger partial charge in [-0.25, -0.2) is 0 Å². The van der Waals surface area contributed by atoms with E-state index in [1.165, 1.54) is 20.3 Å². The summed E-state index contributed by atoms with van der Waals surface area (Å²) in [6.45, 7) is 0. The predicted molar refractivity (Wildman–Crippen MR) is 93.1 cm³/mol. The Hall–Kier alpha value is -2.66. The molecule has 2 aromatic rings. The fourth-order valence-electron chi connectivity index (χ4n) is 1.92. The van der Waals surface area contributed by atoms with Gasteiger partial charge in [-0.15, -0.1) is 0 Å². The summed E-state index contributed by atoms with van der Waals surface area (Å²) in [7, 11) is 3.03. The molecule has 0 fully saturated rings. The fourth-order valence-corrected chi connectivity index (χ4v) is 2.05. The molecule has 0 spiro atoms. The van der Waals surface area contributed by atoms with E-state index in [1.54, 1.807) is 30.3 Å². The molecule has 0 aliphatic heterocycles. The van der Waals surface area contributed by atoms with Gasteiger partial charge >= 0.3 is 0 Å². The van der Waals surface area contributed by atoms with Crippen LogP contribution in [-0.2, 0) is 4.79 Å². The number of hydrogen-bond acceptors (Lipinski definition) is 4. The summed E-state index contributed by atoms with van der Waals surface area (Å²) in [4.78, 5) is 12.0. The first kappa shape index (κ1) is 16.7. The third kappa shape index (κ3) is 4.40. The molecular weight excluding hydrogens is 316 g/mol. The lowest BCUT2D eigenvalue weighted by Gasteiger charge is -2.12. The Bertz CT molecular complexity index is 727. The van der Waals surface area contributed by atoms with E-state index in [1.807, 2.05) is 12.1 Å². The van der Waals surface area contributed by atoms with Gasteiger partial charge in [0.2, 0.25) is 5.91 Å². The molecule has 0 aromatic heterocycles. The molecule has 0 atom stereocenters. The average molecular weight is 333 g/mol. The van der Waals surface area contributed by atoms with Crippen molar-refractivity contribution in [2.24, 2.45) is 0 Å². The summed E-state index contributed by atoms with van der Waals surface area (Å²) in [6.07, 6.45) is 3.10. The Morgan fingerprint density at radius 2 is 1.74 bits per heavy atom. The molecule has 0 saturated carbocycles. The largest absolute Gasteiger partial charge is 0.493 e. The molecule has 0 saturated heterocycles. The predicted octanol–water partition coefficient (Wildman–Crippen LogP) is 3.59. The molecule has 5 nitrogen and oxygen atoms in total. The molecule has 3 N–H and O–H groups in total. The second kappa shape index (κ2) is 7.56. The summed E-state index contributed by atoms with van der Waals surface area (Å²) in [5.74, 6) is 0.678. The standard InChI is InChI=1S/C17H17ClN2O3/c1-22-15-9-13(19)14(10-16(15)23-2)20-17(21)8-5-11-3-6-12(18)7-4-11/h3-10H,19H2,1-2H3,(H,20,21)/b8-5+. The number of nitrogen functional groups attached to an aromatic ring is 1. The van der Waals surface area contributed by atoms with Crippen LogP contribution in [0.1, 0.15) is 5.56 Å². The zero-order valence-electron chi connectivity index (χ0n) is 12.8. The van der Waals surface area contributed by atoms with Crippen molar-refractivity contribution >= 4 is 35.0 Å². The van der Waals surface area contributed by atoms with Crippen molar-refractivity contribution in [2.75, 3.05) is 25.3 Å². The van der Waals surface area contributed by atoms with Crippen molar-refractivity contribution in [3.63, 3.8) is 0 Å². The number of anilines is 2. The molecule has 0 aliphatic rings. The number of nitrogens with one attached hydrogen (secondary N) is 1. The number of rotatable bonds is 5. The number of ether oxygens (including phenoxy) is 2. The highest BCUT2D eigenvalue weighted by Gasteiger charge is 2.10. The molecule has 2 rings (SSSR count). The summed E-state index contributed by atoms with van der Waals surface area (Å²) in [5, 5.41) is 3.35. The van der Waals surface area contributed by atoms with Crippen molar-refractivity contribution in [3.05, 3.63) is 53.1 Å². The lowest BCUT2D eigenvalue weighted by atomic mass is 10.2. The van der Waals surface area contributed by atoms with Crippen LogP contribution >= 0.6 is 11.6 Å². The van der Waals surface area contributed by atoms with Gasteiger partial charge in [-0.3, -0.25) is 4.79 Å². The Balaban J connectivity index is 2.12. The highest BCUT2D eigenvalue weighted by Crippen LogP contribution is 2.34. The number of methoxy groups -OCH3 is 2. The van der Waals surface area contributed by atoms with Gasteiger partial charge in [0, 0.05) is 23.2 Å². The summed E-state index contributed by atoms with van der Waals surface area (Å²) in [5.41, 5.74) is 7.61. The number of amides is 1. The minimum absolute atomic E-state index is 0.307. The summed E-state index contributed by atoms with van der Waals surface area (Å²) in [6, 6.07) is 10.4. The van der Waals surface area contributed by atoms with Crippen LogP contribution in [-0.4, -0.2) is 20.1 Å². The van der Waals surface area contributed by atoms with Crippen LogP contribution in [0.4, 0.5) is 11.4 Å². The van der Waals surface area contributed by atoms with E-state index >= 15 is 0 Å². The van der Waals surface area contributed by atoms with E-state index in [0.717, 1.165) is 5.56 Å². The van der Waals surface area contributed by atoms with Crippen LogP contribution < -0.4 is 20.5 Å². The van der Waals surface area contributed by atoms with Crippen molar-refractivity contribution < 1.29 is 14.3 Å². The molecule has 1 amide bonds. The number of benzene rings is 2. The third-order valence-electron chi connectivity index (χ3n) is 3.11. The first-order valence-electron chi connectivity index (χ1n) is 6.79. The van der Waals surface area contributed by atoms with E-state index in [4.69, 9.17) is 26.8 Å². The molecule has 23 heavy (non-hydrogen) atoms. The monoisotopic (exact) mass is 332 g/mol. The second-order valence-electron chi connectivity index (χ2n) is 4.67. The van der Waals surface area contributed by atoms with Crippen molar-refractivity contribution in [1.29, 1.82) is 0 Å². The minimum Gasteiger partial charge on any atom is -0.493 e. The van der Waals surface area contributed by atoms with Crippen LogP contribution in [0, 0.1) is 0 Å². The third-order valence-corrected chi connectivity index (χ3v) is 3.36. The van der Waals surface area contributed by atoms with Crippen LogP contribution in [0.25, 0.3) is 6.08 Å². The molecule has 0 aliphatic carbocycles. The minimum atomic E-state index is -0.307. The van der Waals surface area contributed by atoms with E-state index < -0.39 is 0 Å². The maximum Gasteiger partial charge on any atom is 0.248 e. The number of hydrogen-bond donors (Lipinski definition) is 2. The van der Waals surface area contributed by atoms with Gasteiger partial charge in [-0.05, 0) is 23.8 Å². The number of halogens is 1. The number of nitrogens with two attached hydrogens (primary N) is 1. The summed E-state index contributed by atoms with van der Waals surface area (Å²) < 4.78 is 10.3. The zero-order chi connectivity index (χ0) is 16.8. The molecule has 0 bridgehead atoms. The average Bonchev–Trinajstić information content (AvgIpc) is 2.55. The Labute approximate surface area is 139 Å². The van der Waals surface area contributed by atoms with E-state index in [9.17, 15) is 4.79 Å². The fraction of sp³-hybridized carbons (Fsp3) is 0.118. The Morgan fingerprint density at radius 1 is 1.13 bits per heavy atom. The van der Waals surface area contributed by atoms with Gasteiger partial charge in [0.25, 0.3) is 0 Å². The number of carbonyl (C=O) groups is 1. The number of carbonyl (C=O) groups excluding carboxylic acids is 1. The lowest BCUT2D eigenvalue weighted by molar-refractivity contribution is -0.111. The quantitative estimate of drug-likeness (QED) is 0.648. The van der Waals surface area contributed by atoms with Crippen molar-refractivity contribution in [2.45, 2.75) is 0 Å². The molecule has 2 aromatic carbocycles. The maximum atomic E-state index is 12.0. The highest BCUT2D eigenvalue weighted by atomic mass is 35.5. The highest BCUT2D eigenvalue weighted by molar-refractivity contribution is 6.30. The smallest absolute Gasteiger partial charge is 0.248 e. The van der Waals surface area contributed by atoms with Crippen LogP contribution in [0.15, 0.2) is 42.5 Å². The second-order valence-corrected chi connectivity index (χ2v) is 5.11. The molecular formula is C17H17ClN2O3. The lowest BCUT2D eigenvalue weighted by Crippen LogP contribution is -2.10. The van der Waals surface area contributed by atoms with Crippen molar-refractivity contribution in [3.8, 4) is 11.5 Å². The van der Waals surface area contributed by atoms with E-state index in [0.29, 0.717) is 27.9 Å². The molecule has 6 heteroatoms. The van der Waals surface area contributed by atoms with Crippen molar-refractivity contribution in [1.82, 2.24) is 0 Å². The van der Waals surface area contributed by atoms with Crippen LogP contribution in [0.2, 0.25) is 5.02 Å². The maximum absolute atomic E-state index is 12.0. The molecule has 0 unspecified atom stereocenters. The van der Waals surface area contributed by atoms with Crippen LogP contribution in [0.3, 0.4) is 0 Å². The van der Waals surface area contributed by atoms with Gasteiger partial charge in [0.1, 0.15) is 0 Å². The zero-order valence-corrected chi connectivity index (χ0v) is 13.6. The summed E-state index contributed by atoms with van der Waals surface area (Å²) >= 11 is 5.81. The van der Waals surface area contributed by atoms with Gasteiger partial charge in [0.15, 0.2) is 11.5 Å². The van der Waals surface area contributed by atoms with Gasteiger partial charge < -0.3 is 20.5 Å². The Kier molecular flexibility index (Phi) is 5.49. The van der Waals surface area contributed by atoms with E-state index in [2.05, 4.69) is 5.32 Å². The normalized spacial score (nSPS) is 10.6. The van der Waals surface area contributed by atoms with Crippen LogP contribution in [0.5, 0.6) is 11.5 Å². The SMILES string of the molecule is COc1cc(N)c(NC(=O)/C=C/c2ccc(Cl)cc2)cc1OC. The van der Waals surface area contributed by atoms with E-state index in [-0.39, 0.29) is 5.91 Å². The first-order valence-corrected chi connectivity index (χ1v) is 7.17.